The van der Waals surface area contributed by atoms with Crippen molar-refractivity contribution in [1.29, 1.82) is 0 Å². The Kier molecular flexibility index (Phi) is 13.4. The second-order valence-corrected chi connectivity index (χ2v) is 8.93. The van der Waals surface area contributed by atoms with Gasteiger partial charge in [-0.1, -0.05) is 13.8 Å². The molecular weight excluding hydrogens is 513 g/mol. The van der Waals surface area contributed by atoms with E-state index in [1.807, 2.05) is 6.92 Å². The molecule has 2 rings (SSSR count). The third-order valence-corrected chi connectivity index (χ3v) is 6.18. The molecule has 1 aliphatic heterocycles. The Morgan fingerprint density at radius 3 is 2.67 bits per heavy atom. The highest BCUT2D eigenvalue weighted by Gasteiger charge is 2.22. The molecule has 174 valence electrons. The quantitative estimate of drug-likeness (QED) is 0.272. The summed E-state index contributed by atoms with van der Waals surface area (Å²) in [7, 11) is 3.79. The molecule has 30 heavy (non-hydrogen) atoms. The van der Waals surface area contributed by atoms with Gasteiger partial charge in [0.1, 0.15) is 11.1 Å². The molecule has 0 spiro atoms. The molecule has 9 heteroatoms. The summed E-state index contributed by atoms with van der Waals surface area (Å²) in [5, 5.41) is 6.57. The van der Waals surface area contributed by atoms with Crippen molar-refractivity contribution in [3.05, 3.63) is 16.1 Å². The summed E-state index contributed by atoms with van der Waals surface area (Å²) in [6, 6.07) is 0.453. The lowest BCUT2D eigenvalue weighted by molar-refractivity contribution is 0.0142. The van der Waals surface area contributed by atoms with Crippen molar-refractivity contribution in [1.82, 2.24) is 20.1 Å². The van der Waals surface area contributed by atoms with Crippen LogP contribution in [-0.4, -0.2) is 80.3 Å². The molecule has 2 atom stereocenters. The number of methoxy groups -OCH3 is 1. The van der Waals surface area contributed by atoms with Crippen LogP contribution in [0, 0.1) is 5.92 Å². The highest BCUT2D eigenvalue weighted by molar-refractivity contribution is 14.0. The molecule has 0 radical (unpaired) electrons. The Bertz CT molecular complexity index is 622. The van der Waals surface area contributed by atoms with Crippen LogP contribution in [0.25, 0.3) is 0 Å². The molecule has 0 aliphatic carbocycles. The molecule has 0 aromatic carbocycles. The molecule has 0 amide bonds. The maximum absolute atomic E-state index is 5.54. The monoisotopic (exact) mass is 553 g/mol. The standard InChI is InChI=1S/C21H39N5O2S.HI/c1-7-22-21(25(5)14-18-15-29-20(24-18)17(4)27-6)23-13-19(12-16(2)3)26-8-10-28-11-9-26;/h15-17,19H,7-14H2,1-6H3,(H,22,23);1H. The van der Waals surface area contributed by atoms with Crippen LogP contribution in [-0.2, 0) is 16.0 Å². The predicted octanol–water partition coefficient (Wildman–Crippen LogP) is 3.61. The highest BCUT2D eigenvalue weighted by atomic mass is 127. The Balaban J connectivity index is 0.00000450. The van der Waals surface area contributed by atoms with Crippen molar-refractivity contribution in [2.24, 2.45) is 10.9 Å². The van der Waals surface area contributed by atoms with Crippen LogP contribution in [0.1, 0.15) is 50.9 Å². The number of rotatable bonds is 10. The van der Waals surface area contributed by atoms with Crippen LogP contribution >= 0.6 is 35.3 Å². The number of hydrogen-bond acceptors (Lipinski definition) is 6. The largest absolute Gasteiger partial charge is 0.379 e. The second kappa shape index (κ2) is 14.5. The van der Waals surface area contributed by atoms with Gasteiger partial charge < -0.3 is 19.7 Å². The summed E-state index contributed by atoms with van der Waals surface area (Å²) < 4.78 is 10.9. The van der Waals surface area contributed by atoms with E-state index in [0.29, 0.717) is 12.0 Å². The number of morpholine rings is 1. The first-order valence-corrected chi connectivity index (χ1v) is 11.6. The van der Waals surface area contributed by atoms with Gasteiger partial charge in [0.05, 0.1) is 32.0 Å². The zero-order valence-electron chi connectivity index (χ0n) is 19.4. The molecule has 1 aliphatic rings. The third kappa shape index (κ3) is 8.94. The number of hydrogen-bond donors (Lipinski definition) is 1. The number of ether oxygens (including phenoxy) is 2. The van der Waals surface area contributed by atoms with Crippen LogP contribution < -0.4 is 5.32 Å². The normalized spacial score (nSPS) is 17.5. The van der Waals surface area contributed by atoms with Gasteiger partial charge in [0.2, 0.25) is 0 Å². The van der Waals surface area contributed by atoms with Crippen LogP contribution in [0.2, 0.25) is 0 Å². The van der Waals surface area contributed by atoms with Gasteiger partial charge in [0.15, 0.2) is 5.96 Å². The summed E-state index contributed by atoms with van der Waals surface area (Å²) in [4.78, 5) is 14.4. The first-order valence-electron chi connectivity index (χ1n) is 10.7. The van der Waals surface area contributed by atoms with E-state index in [9.17, 15) is 0 Å². The fourth-order valence-electron chi connectivity index (χ4n) is 3.49. The number of halogens is 1. The minimum atomic E-state index is 0. The van der Waals surface area contributed by atoms with E-state index in [0.717, 1.165) is 69.0 Å². The smallest absolute Gasteiger partial charge is 0.194 e. The van der Waals surface area contributed by atoms with Gasteiger partial charge in [-0.15, -0.1) is 35.3 Å². The average Bonchev–Trinajstić information content (AvgIpc) is 3.18. The topological polar surface area (TPSA) is 62.2 Å². The molecular formula is C21H40IN5O2S. The van der Waals surface area contributed by atoms with E-state index in [-0.39, 0.29) is 30.1 Å². The van der Waals surface area contributed by atoms with Gasteiger partial charge in [-0.3, -0.25) is 9.89 Å². The van der Waals surface area contributed by atoms with Crippen LogP contribution in [0.15, 0.2) is 10.4 Å². The van der Waals surface area contributed by atoms with E-state index in [4.69, 9.17) is 19.5 Å². The molecule has 7 nitrogen and oxygen atoms in total. The molecule has 1 N–H and O–H groups in total. The summed E-state index contributed by atoms with van der Waals surface area (Å²) in [6.07, 6.45) is 1.18. The lowest BCUT2D eigenvalue weighted by atomic mass is 10.0. The summed E-state index contributed by atoms with van der Waals surface area (Å²) >= 11 is 1.65. The van der Waals surface area contributed by atoms with E-state index in [1.54, 1.807) is 18.4 Å². The number of nitrogens with one attached hydrogen (secondary N) is 1. The number of aromatic nitrogens is 1. The molecule has 2 heterocycles. The number of thiazole rings is 1. The predicted molar refractivity (Wildman–Crippen MR) is 136 cm³/mol. The van der Waals surface area contributed by atoms with Gasteiger partial charge in [0.25, 0.3) is 0 Å². The SMILES string of the molecule is CCNC(=NCC(CC(C)C)N1CCOCC1)N(C)Cc1csc(C(C)OC)n1.I. The third-order valence-electron chi connectivity index (χ3n) is 5.12. The summed E-state index contributed by atoms with van der Waals surface area (Å²) in [5.74, 6) is 1.58. The Morgan fingerprint density at radius 2 is 2.07 bits per heavy atom. The molecule has 1 fully saturated rings. The number of aliphatic imine (C=N–C) groups is 1. The van der Waals surface area contributed by atoms with Crippen molar-refractivity contribution in [3.63, 3.8) is 0 Å². The molecule has 2 unspecified atom stereocenters. The van der Waals surface area contributed by atoms with Crippen molar-refractivity contribution in [2.75, 3.05) is 53.6 Å². The molecule has 1 saturated heterocycles. The first-order chi connectivity index (χ1) is 13.9. The average molecular weight is 554 g/mol. The van der Waals surface area contributed by atoms with Crippen LogP contribution in [0.5, 0.6) is 0 Å². The van der Waals surface area contributed by atoms with Gasteiger partial charge >= 0.3 is 0 Å². The van der Waals surface area contributed by atoms with E-state index >= 15 is 0 Å². The van der Waals surface area contributed by atoms with Crippen molar-refractivity contribution in [2.45, 2.75) is 52.8 Å². The van der Waals surface area contributed by atoms with Crippen molar-refractivity contribution in [3.8, 4) is 0 Å². The van der Waals surface area contributed by atoms with Gasteiger partial charge in [-0.25, -0.2) is 4.98 Å². The Hall–Kier alpha value is -0.490. The maximum Gasteiger partial charge on any atom is 0.194 e. The molecule has 0 saturated carbocycles. The number of guanidine groups is 1. The van der Waals surface area contributed by atoms with Gasteiger partial charge in [0, 0.05) is 45.2 Å². The van der Waals surface area contributed by atoms with Crippen molar-refractivity contribution < 1.29 is 9.47 Å². The summed E-state index contributed by atoms with van der Waals surface area (Å²) in [6.45, 7) is 14.7. The Morgan fingerprint density at radius 1 is 1.37 bits per heavy atom. The van der Waals surface area contributed by atoms with Crippen molar-refractivity contribution >= 4 is 41.3 Å². The minimum absolute atomic E-state index is 0. The van der Waals surface area contributed by atoms with Gasteiger partial charge in [-0.05, 0) is 26.2 Å². The second-order valence-electron chi connectivity index (χ2n) is 8.04. The Labute approximate surface area is 203 Å². The van der Waals surface area contributed by atoms with E-state index < -0.39 is 0 Å². The lowest BCUT2D eigenvalue weighted by Gasteiger charge is -2.35. The fourth-order valence-corrected chi connectivity index (χ4v) is 4.33. The van der Waals surface area contributed by atoms with Gasteiger partial charge in [-0.2, -0.15) is 0 Å². The zero-order chi connectivity index (χ0) is 21.2. The molecule has 0 bridgehead atoms. The number of nitrogens with zero attached hydrogens (tertiary/aromatic N) is 4. The summed E-state index contributed by atoms with van der Waals surface area (Å²) in [5.41, 5.74) is 1.05. The van der Waals surface area contributed by atoms with E-state index in [1.165, 1.54) is 0 Å². The zero-order valence-corrected chi connectivity index (χ0v) is 22.5. The molecule has 1 aromatic rings. The fraction of sp³-hybridized carbons (Fsp3) is 0.810. The highest BCUT2D eigenvalue weighted by Crippen LogP contribution is 2.21. The molecule has 1 aromatic heterocycles. The lowest BCUT2D eigenvalue weighted by Crippen LogP contribution is -2.46. The van der Waals surface area contributed by atoms with E-state index in [2.05, 4.69) is 48.3 Å². The first kappa shape index (κ1) is 27.5. The minimum Gasteiger partial charge on any atom is -0.379 e. The maximum atomic E-state index is 5.54. The van der Waals surface area contributed by atoms with Crippen LogP contribution in [0.4, 0.5) is 0 Å². The van der Waals surface area contributed by atoms with Crippen LogP contribution in [0.3, 0.4) is 0 Å².